The third kappa shape index (κ3) is 4.91. The monoisotopic (exact) mass is 840 g/mol. The Labute approximate surface area is 385 Å². The van der Waals surface area contributed by atoms with Crippen molar-refractivity contribution in [3.05, 3.63) is 264 Å². The minimum Gasteiger partial charge on any atom is -0.310 e. The molecular weight excluding hydrogens is 797 g/mol. The highest BCUT2D eigenvalue weighted by molar-refractivity contribution is 6.13. The van der Waals surface area contributed by atoms with Crippen LogP contribution in [0.5, 0.6) is 0 Å². The van der Waals surface area contributed by atoms with Crippen molar-refractivity contribution in [2.24, 2.45) is 0 Å². The Balaban J connectivity index is 1.04. The highest BCUT2D eigenvalue weighted by atomic mass is 15.1. The van der Waals surface area contributed by atoms with E-state index < -0.39 is 5.41 Å². The van der Waals surface area contributed by atoms with Crippen LogP contribution >= 0.6 is 0 Å². The predicted molar refractivity (Wildman–Crippen MR) is 275 cm³/mol. The standard InChI is InChI=1S/C64H44N2/c1-63(2)53-24-10-6-20-47(53)49-37-35-44(39-57(49)63)65(59-28-13-8-19-46(59)43-33-31-42(32-34-43)41-17-4-3-5-18-41)45-36-38-50-48-21-7-11-25-54(48)64(58(50)40-45)55-26-12-15-30-61(55)66-60-29-14-9-22-51(60)52-23-16-27-56(64)62(52)66/h3-40H,1-2H3. The average Bonchev–Trinajstić information content (AvgIpc) is 3.95. The van der Waals surface area contributed by atoms with Gasteiger partial charge in [0.2, 0.25) is 0 Å². The van der Waals surface area contributed by atoms with Crippen molar-refractivity contribution in [2.45, 2.75) is 24.7 Å². The van der Waals surface area contributed by atoms with Gasteiger partial charge in [0, 0.05) is 33.1 Å². The third-order valence-corrected chi connectivity index (χ3v) is 15.2. The van der Waals surface area contributed by atoms with Crippen LogP contribution in [0.4, 0.5) is 17.1 Å². The molecule has 14 rings (SSSR count). The van der Waals surface area contributed by atoms with Crippen molar-refractivity contribution in [1.29, 1.82) is 0 Å². The summed E-state index contributed by atoms with van der Waals surface area (Å²) in [6.45, 7) is 4.76. The summed E-state index contributed by atoms with van der Waals surface area (Å²) in [4.78, 5) is 2.53. The summed E-state index contributed by atoms with van der Waals surface area (Å²) in [6, 6.07) is 86.4. The number of nitrogens with zero attached hydrogens (tertiary/aromatic N) is 2. The fourth-order valence-corrected chi connectivity index (χ4v) is 12.3. The number of rotatable bonds is 5. The normalized spacial score (nSPS) is 15.6. The van der Waals surface area contributed by atoms with Gasteiger partial charge in [0.25, 0.3) is 0 Å². The van der Waals surface area contributed by atoms with Gasteiger partial charge >= 0.3 is 0 Å². The number of para-hydroxylation sites is 4. The maximum atomic E-state index is 2.53. The first kappa shape index (κ1) is 37.2. The molecule has 2 aliphatic carbocycles. The third-order valence-electron chi connectivity index (χ3n) is 15.2. The maximum Gasteiger partial charge on any atom is 0.0755 e. The van der Waals surface area contributed by atoms with E-state index in [1.54, 1.807) is 0 Å². The van der Waals surface area contributed by atoms with Crippen LogP contribution < -0.4 is 4.90 Å². The van der Waals surface area contributed by atoms with Crippen LogP contribution in [0.1, 0.15) is 47.2 Å². The summed E-state index contributed by atoms with van der Waals surface area (Å²) >= 11 is 0. The van der Waals surface area contributed by atoms with Crippen molar-refractivity contribution in [3.63, 3.8) is 0 Å². The Morgan fingerprint density at radius 1 is 0.348 bits per heavy atom. The lowest BCUT2D eigenvalue weighted by molar-refractivity contribution is 0.660. The van der Waals surface area contributed by atoms with E-state index >= 15 is 0 Å². The lowest BCUT2D eigenvalue weighted by atomic mass is 9.65. The fraction of sp³-hybridized carbons (Fsp3) is 0.0625. The molecule has 66 heavy (non-hydrogen) atoms. The lowest BCUT2D eigenvalue weighted by Crippen LogP contribution is -2.33. The van der Waals surface area contributed by atoms with E-state index in [4.69, 9.17) is 0 Å². The topological polar surface area (TPSA) is 8.17 Å². The highest BCUT2D eigenvalue weighted by Gasteiger charge is 2.51. The molecule has 11 aromatic rings. The van der Waals surface area contributed by atoms with Gasteiger partial charge in [-0.3, -0.25) is 0 Å². The van der Waals surface area contributed by atoms with E-state index in [-0.39, 0.29) is 5.41 Å². The fourth-order valence-electron chi connectivity index (χ4n) is 12.3. The molecule has 2 heteroatoms. The zero-order valence-electron chi connectivity index (χ0n) is 36.8. The molecule has 0 amide bonds. The molecule has 3 aliphatic rings. The van der Waals surface area contributed by atoms with E-state index in [1.165, 1.54) is 105 Å². The largest absolute Gasteiger partial charge is 0.310 e. The van der Waals surface area contributed by atoms with E-state index in [9.17, 15) is 0 Å². The first-order chi connectivity index (χ1) is 32.5. The molecule has 0 N–H and O–H groups in total. The number of fused-ring (bicyclic) bond motifs is 15. The van der Waals surface area contributed by atoms with E-state index in [2.05, 4.69) is 254 Å². The number of anilines is 3. The highest BCUT2D eigenvalue weighted by Crippen LogP contribution is 2.62. The quantitative estimate of drug-likeness (QED) is 0.168. The van der Waals surface area contributed by atoms with Crippen LogP contribution in [0.25, 0.3) is 72.0 Å². The predicted octanol–water partition coefficient (Wildman–Crippen LogP) is 16.6. The number of hydrogen-bond acceptors (Lipinski definition) is 1. The number of hydrogen-bond donors (Lipinski definition) is 0. The van der Waals surface area contributed by atoms with Gasteiger partial charge < -0.3 is 9.47 Å². The summed E-state index contributed by atoms with van der Waals surface area (Å²) in [5.74, 6) is 0. The van der Waals surface area contributed by atoms with Gasteiger partial charge in [0.05, 0.1) is 27.8 Å². The summed E-state index contributed by atoms with van der Waals surface area (Å²) in [5.41, 5.74) is 24.4. The van der Waals surface area contributed by atoms with E-state index in [1.807, 2.05) is 0 Å². The molecular formula is C64H44N2. The molecule has 1 spiro atoms. The van der Waals surface area contributed by atoms with Gasteiger partial charge in [-0.05, 0) is 115 Å². The number of aromatic nitrogens is 1. The second kappa shape index (κ2) is 13.7. The minimum atomic E-state index is -0.567. The molecule has 0 fully saturated rings. The molecule has 1 aliphatic heterocycles. The van der Waals surface area contributed by atoms with Crippen LogP contribution in [0.3, 0.4) is 0 Å². The summed E-state index contributed by atoms with van der Waals surface area (Å²) in [5, 5.41) is 2.57. The molecule has 1 unspecified atom stereocenters. The van der Waals surface area contributed by atoms with Crippen LogP contribution in [0.2, 0.25) is 0 Å². The molecule has 0 saturated heterocycles. The molecule has 0 radical (unpaired) electrons. The molecule has 2 nitrogen and oxygen atoms in total. The molecule has 10 aromatic carbocycles. The first-order valence-electron chi connectivity index (χ1n) is 23.2. The zero-order valence-corrected chi connectivity index (χ0v) is 36.8. The van der Waals surface area contributed by atoms with Gasteiger partial charge in [0.15, 0.2) is 0 Å². The Morgan fingerprint density at radius 2 is 0.879 bits per heavy atom. The zero-order chi connectivity index (χ0) is 43.7. The second-order valence-electron chi connectivity index (χ2n) is 18.8. The molecule has 0 bridgehead atoms. The van der Waals surface area contributed by atoms with E-state index in [0.29, 0.717) is 0 Å². The summed E-state index contributed by atoms with van der Waals surface area (Å²) < 4.78 is 2.53. The first-order valence-corrected chi connectivity index (χ1v) is 23.2. The Kier molecular flexibility index (Phi) is 7.70. The minimum absolute atomic E-state index is 0.160. The molecule has 1 aromatic heterocycles. The van der Waals surface area contributed by atoms with Crippen LogP contribution in [-0.4, -0.2) is 4.57 Å². The van der Waals surface area contributed by atoms with Gasteiger partial charge in [-0.1, -0.05) is 202 Å². The molecule has 1 atom stereocenters. The van der Waals surface area contributed by atoms with Crippen LogP contribution in [0, 0.1) is 0 Å². The van der Waals surface area contributed by atoms with Gasteiger partial charge in [0.1, 0.15) is 0 Å². The summed E-state index contributed by atoms with van der Waals surface area (Å²) in [6.07, 6.45) is 0. The van der Waals surface area contributed by atoms with E-state index in [0.717, 1.165) is 17.1 Å². The Hall–Kier alpha value is -8.20. The Bertz CT molecular complexity index is 3800. The Morgan fingerprint density at radius 3 is 1.67 bits per heavy atom. The van der Waals surface area contributed by atoms with Crippen LogP contribution in [0.15, 0.2) is 231 Å². The van der Waals surface area contributed by atoms with Crippen molar-refractivity contribution < 1.29 is 0 Å². The average molecular weight is 841 g/mol. The summed E-state index contributed by atoms with van der Waals surface area (Å²) in [7, 11) is 0. The molecule has 310 valence electrons. The second-order valence-corrected chi connectivity index (χ2v) is 18.8. The van der Waals surface area contributed by atoms with Crippen molar-refractivity contribution >= 4 is 38.9 Å². The maximum absolute atomic E-state index is 2.53. The van der Waals surface area contributed by atoms with Crippen molar-refractivity contribution in [2.75, 3.05) is 4.90 Å². The molecule has 0 saturated carbocycles. The number of benzene rings is 10. The SMILES string of the molecule is CC1(C)c2ccccc2-c2ccc(N(c3ccc4c(c3)C3(c5ccccc5-4)c4ccccc4-n4c5ccccc5c5cccc3c54)c3ccccc3-c3ccc(-c4ccccc4)cc3)cc21. The van der Waals surface area contributed by atoms with Gasteiger partial charge in [-0.25, -0.2) is 0 Å². The van der Waals surface area contributed by atoms with Crippen molar-refractivity contribution in [3.8, 4) is 50.2 Å². The molecule has 2 heterocycles. The van der Waals surface area contributed by atoms with Crippen LogP contribution in [-0.2, 0) is 10.8 Å². The van der Waals surface area contributed by atoms with Crippen molar-refractivity contribution in [1.82, 2.24) is 4.57 Å². The van der Waals surface area contributed by atoms with Gasteiger partial charge in [-0.2, -0.15) is 0 Å². The lowest BCUT2D eigenvalue weighted by Gasteiger charge is -2.40. The van der Waals surface area contributed by atoms with Gasteiger partial charge in [-0.15, -0.1) is 0 Å². The smallest absolute Gasteiger partial charge is 0.0755 e.